The highest BCUT2D eigenvalue weighted by Gasteiger charge is 2.23. The SMILES string of the molecule is CC1CN(c2n[nH]c(Cc3ccccc3F)n2)CC(C)N1. The van der Waals surface area contributed by atoms with Crippen molar-refractivity contribution in [2.24, 2.45) is 0 Å². The first-order valence-corrected chi connectivity index (χ1v) is 7.27. The second kappa shape index (κ2) is 5.81. The largest absolute Gasteiger partial charge is 0.336 e. The molecule has 2 unspecified atom stereocenters. The molecule has 3 rings (SSSR count). The molecule has 0 spiro atoms. The van der Waals surface area contributed by atoms with Crippen molar-refractivity contribution < 1.29 is 4.39 Å². The van der Waals surface area contributed by atoms with E-state index in [0.29, 0.717) is 35.8 Å². The van der Waals surface area contributed by atoms with Crippen molar-refractivity contribution in [2.75, 3.05) is 18.0 Å². The third-order valence-corrected chi connectivity index (χ3v) is 3.68. The molecule has 2 heterocycles. The maximum Gasteiger partial charge on any atom is 0.244 e. The molecule has 1 fully saturated rings. The number of H-pyrrole nitrogens is 1. The molecule has 1 aliphatic rings. The van der Waals surface area contributed by atoms with Gasteiger partial charge in [0.15, 0.2) is 0 Å². The van der Waals surface area contributed by atoms with Gasteiger partial charge in [0.25, 0.3) is 0 Å². The van der Waals surface area contributed by atoms with Crippen LogP contribution in [0.4, 0.5) is 10.3 Å². The smallest absolute Gasteiger partial charge is 0.244 e. The number of hydrogen-bond acceptors (Lipinski definition) is 4. The first kappa shape index (κ1) is 14.0. The molecule has 2 atom stereocenters. The Bertz CT molecular complexity index is 602. The number of halogens is 1. The number of hydrogen-bond donors (Lipinski definition) is 2. The minimum atomic E-state index is -0.208. The zero-order valence-corrected chi connectivity index (χ0v) is 12.3. The number of anilines is 1. The van der Waals surface area contributed by atoms with Crippen LogP contribution in [0, 0.1) is 5.82 Å². The standard InChI is InChI=1S/C15H20FN5/c1-10-8-21(9-11(2)17-10)15-18-14(19-20-15)7-12-5-3-4-6-13(12)16/h3-6,10-11,17H,7-9H2,1-2H3,(H,18,19,20). The Morgan fingerprint density at radius 1 is 1.24 bits per heavy atom. The minimum absolute atomic E-state index is 0.208. The van der Waals surface area contributed by atoms with E-state index in [-0.39, 0.29) is 5.82 Å². The molecule has 1 aliphatic heterocycles. The van der Waals surface area contributed by atoms with Gasteiger partial charge >= 0.3 is 0 Å². The molecule has 0 amide bonds. The first-order valence-electron chi connectivity index (χ1n) is 7.27. The Balaban J connectivity index is 1.73. The molecule has 0 saturated carbocycles. The predicted molar refractivity (Wildman–Crippen MR) is 79.9 cm³/mol. The van der Waals surface area contributed by atoms with Crippen molar-refractivity contribution >= 4 is 5.95 Å². The van der Waals surface area contributed by atoms with Gasteiger partial charge in [0.2, 0.25) is 5.95 Å². The summed E-state index contributed by atoms with van der Waals surface area (Å²) in [5, 5.41) is 10.7. The highest BCUT2D eigenvalue weighted by Crippen LogP contribution is 2.15. The average Bonchev–Trinajstić information content (AvgIpc) is 2.89. The van der Waals surface area contributed by atoms with E-state index in [1.165, 1.54) is 6.07 Å². The molecular formula is C15H20FN5. The number of benzene rings is 1. The van der Waals surface area contributed by atoms with Crippen LogP contribution in [-0.4, -0.2) is 40.4 Å². The van der Waals surface area contributed by atoms with Crippen LogP contribution >= 0.6 is 0 Å². The van der Waals surface area contributed by atoms with Crippen molar-refractivity contribution in [3.05, 3.63) is 41.5 Å². The Morgan fingerprint density at radius 2 is 1.95 bits per heavy atom. The average molecular weight is 289 g/mol. The third-order valence-electron chi connectivity index (χ3n) is 3.68. The molecule has 0 aliphatic carbocycles. The van der Waals surface area contributed by atoms with E-state index in [2.05, 4.69) is 39.2 Å². The number of nitrogens with one attached hydrogen (secondary N) is 2. The normalized spacial score (nSPS) is 22.5. The van der Waals surface area contributed by atoms with Gasteiger partial charge in [-0.15, -0.1) is 5.10 Å². The Kier molecular flexibility index (Phi) is 3.88. The minimum Gasteiger partial charge on any atom is -0.336 e. The summed E-state index contributed by atoms with van der Waals surface area (Å²) in [6, 6.07) is 7.56. The van der Waals surface area contributed by atoms with Gasteiger partial charge in [0.05, 0.1) is 0 Å². The van der Waals surface area contributed by atoms with Gasteiger partial charge in [-0.1, -0.05) is 18.2 Å². The van der Waals surface area contributed by atoms with Crippen molar-refractivity contribution in [3.63, 3.8) is 0 Å². The molecule has 21 heavy (non-hydrogen) atoms. The monoisotopic (exact) mass is 289 g/mol. The lowest BCUT2D eigenvalue weighted by molar-refractivity contribution is 0.403. The van der Waals surface area contributed by atoms with Crippen LogP contribution in [0.25, 0.3) is 0 Å². The molecule has 1 saturated heterocycles. The fraction of sp³-hybridized carbons (Fsp3) is 0.467. The fourth-order valence-corrected chi connectivity index (χ4v) is 2.82. The van der Waals surface area contributed by atoms with E-state index < -0.39 is 0 Å². The lowest BCUT2D eigenvalue weighted by Crippen LogP contribution is -2.54. The van der Waals surface area contributed by atoms with E-state index in [1.807, 2.05) is 6.07 Å². The second-order valence-electron chi connectivity index (χ2n) is 5.72. The Morgan fingerprint density at radius 3 is 2.67 bits per heavy atom. The second-order valence-corrected chi connectivity index (χ2v) is 5.72. The molecular weight excluding hydrogens is 269 g/mol. The van der Waals surface area contributed by atoms with Crippen molar-refractivity contribution in [3.8, 4) is 0 Å². The van der Waals surface area contributed by atoms with Gasteiger partial charge < -0.3 is 10.2 Å². The predicted octanol–water partition coefficient (Wildman–Crippen LogP) is 1.72. The quantitative estimate of drug-likeness (QED) is 0.903. The van der Waals surface area contributed by atoms with Gasteiger partial charge in [-0.3, -0.25) is 5.10 Å². The van der Waals surface area contributed by atoms with E-state index in [4.69, 9.17) is 0 Å². The fourth-order valence-electron chi connectivity index (χ4n) is 2.82. The van der Waals surface area contributed by atoms with Crippen molar-refractivity contribution in [1.29, 1.82) is 0 Å². The Labute approximate surface area is 123 Å². The van der Waals surface area contributed by atoms with Crippen LogP contribution < -0.4 is 10.2 Å². The highest BCUT2D eigenvalue weighted by atomic mass is 19.1. The maximum atomic E-state index is 13.7. The number of piperazine rings is 1. The summed E-state index contributed by atoms with van der Waals surface area (Å²) in [5.74, 6) is 1.18. The number of aromatic nitrogens is 3. The Hall–Kier alpha value is -1.95. The lowest BCUT2D eigenvalue weighted by atomic mass is 10.1. The van der Waals surface area contributed by atoms with Gasteiger partial charge in [0, 0.05) is 31.6 Å². The van der Waals surface area contributed by atoms with Gasteiger partial charge in [0.1, 0.15) is 11.6 Å². The van der Waals surface area contributed by atoms with Crippen LogP contribution in [0.2, 0.25) is 0 Å². The summed E-state index contributed by atoms with van der Waals surface area (Å²) in [6.07, 6.45) is 0.427. The molecule has 2 N–H and O–H groups in total. The topological polar surface area (TPSA) is 56.8 Å². The zero-order chi connectivity index (χ0) is 14.8. The van der Waals surface area contributed by atoms with Gasteiger partial charge in [-0.2, -0.15) is 4.98 Å². The van der Waals surface area contributed by atoms with Gasteiger partial charge in [-0.25, -0.2) is 4.39 Å². The van der Waals surface area contributed by atoms with E-state index in [1.54, 1.807) is 12.1 Å². The van der Waals surface area contributed by atoms with Crippen molar-refractivity contribution in [2.45, 2.75) is 32.4 Å². The number of aromatic amines is 1. The van der Waals surface area contributed by atoms with Crippen LogP contribution in [0.5, 0.6) is 0 Å². The zero-order valence-electron chi connectivity index (χ0n) is 12.3. The lowest BCUT2D eigenvalue weighted by Gasteiger charge is -2.35. The summed E-state index contributed by atoms with van der Waals surface area (Å²) in [7, 11) is 0. The van der Waals surface area contributed by atoms with Crippen LogP contribution in [0.15, 0.2) is 24.3 Å². The van der Waals surface area contributed by atoms with Crippen LogP contribution in [0.1, 0.15) is 25.2 Å². The molecule has 0 bridgehead atoms. The maximum absolute atomic E-state index is 13.7. The molecule has 2 aromatic rings. The molecule has 5 nitrogen and oxygen atoms in total. The first-order chi connectivity index (χ1) is 10.1. The van der Waals surface area contributed by atoms with Crippen LogP contribution in [-0.2, 0) is 6.42 Å². The molecule has 6 heteroatoms. The molecule has 0 radical (unpaired) electrons. The molecule has 112 valence electrons. The summed E-state index contributed by atoms with van der Waals surface area (Å²) in [4.78, 5) is 6.66. The summed E-state index contributed by atoms with van der Waals surface area (Å²) in [5.41, 5.74) is 0.627. The van der Waals surface area contributed by atoms with E-state index in [0.717, 1.165) is 13.1 Å². The molecule has 1 aromatic carbocycles. The molecule has 1 aromatic heterocycles. The van der Waals surface area contributed by atoms with Gasteiger partial charge in [-0.05, 0) is 25.5 Å². The summed E-state index contributed by atoms with van der Waals surface area (Å²) >= 11 is 0. The third kappa shape index (κ3) is 3.21. The van der Waals surface area contributed by atoms with Crippen LogP contribution in [0.3, 0.4) is 0 Å². The highest BCUT2D eigenvalue weighted by molar-refractivity contribution is 5.32. The number of rotatable bonds is 3. The van der Waals surface area contributed by atoms with E-state index in [9.17, 15) is 4.39 Å². The van der Waals surface area contributed by atoms with Crippen molar-refractivity contribution in [1.82, 2.24) is 20.5 Å². The van der Waals surface area contributed by atoms with E-state index >= 15 is 0 Å². The number of nitrogens with zero attached hydrogens (tertiary/aromatic N) is 3. The summed E-state index contributed by atoms with van der Waals surface area (Å²) in [6.45, 7) is 6.05. The summed E-state index contributed by atoms with van der Waals surface area (Å²) < 4.78 is 13.7.